The highest BCUT2D eigenvalue weighted by atomic mass is 35.5. The average Bonchev–Trinajstić information content (AvgIpc) is 2.45. The van der Waals surface area contributed by atoms with Crippen molar-refractivity contribution in [3.05, 3.63) is 58.1 Å². The van der Waals surface area contributed by atoms with Gasteiger partial charge >= 0.3 is 0 Å². The first-order valence-electron chi connectivity index (χ1n) is 7.28. The van der Waals surface area contributed by atoms with Crippen LogP contribution in [0.5, 0.6) is 11.5 Å². The minimum Gasteiger partial charge on any atom is -0.456 e. The largest absolute Gasteiger partial charge is 0.456 e. The van der Waals surface area contributed by atoms with Crippen molar-refractivity contribution in [2.75, 3.05) is 0 Å². The Hall–Kier alpha value is -1.51. The molecule has 0 aliphatic heterocycles. The van der Waals surface area contributed by atoms with Gasteiger partial charge in [-0.1, -0.05) is 42.3 Å². The molecule has 0 heterocycles. The van der Waals surface area contributed by atoms with Crippen molar-refractivity contribution < 1.29 is 4.74 Å². The minimum absolute atomic E-state index is 0.141. The van der Waals surface area contributed by atoms with E-state index in [0.717, 1.165) is 29.7 Å². The van der Waals surface area contributed by atoms with Crippen molar-refractivity contribution in [1.82, 2.24) is 0 Å². The van der Waals surface area contributed by atoms with Crippen LogP contribution in [0, 0.1) is 13.8 Å². The van der Waals surface area contributed by atoms with E-state index in [0.29, 0.717) is 10.8 Å². The van der Waals surface area contributed by atoms with E-state index in [1.54, 1.807) is 0 Å². The molecule has 0 bridgehead atoms. The fourth-order valence-corrected chi connectivity index (χ4v) is 2.36. The highest BCUT2D eigenvalue weighted by Crippen LogP contribution is 2.33. The van der Waals surface area contributed by atoms with Crippen LogP contribution in [-0.2, 0) is 6.42 Å². The maximum atomic E-state index is 6.21. The smallest absolute Gasteiger partial charge is 0.146 e. The minimum atomic E-state index is 0.141. The molecule has 1 atom stereocenters. The first kappa shape index (κ1) is 15.9. The zero-order valence-electron chi connectivity index (χ0n) is 12.8. The van der Waals surface area contributed by atoms with Gasteiger partial charge in [-0.25, -0.2) is 0 Å². The summed E-state index contributed by atoms with van der Waals surface area (Å²) in [5.41, 5.74) is 9.54. The Morgan fingerprint density at radius 1 is 1.05 bits per heavy atom. The van der Waals surface area contributed by atoms with Gasteiger partial charge in [0.2, 0.25) is 0 Å². The summed E-state index contributed by atoms with van der Waals surface area (Å²) in [5, 5.41) is 0.618. The summed E-state index contributed by atoms with van der Waals surface area (Å²) in [7, 11) is 0. The number of halogens is 1. The quantitative estimate of drug-likeness (QED) is 0.841. The molecule has 0 aliphatic carbocycles. The molecular weight excluding hydrogens is 282 g/mol. The fourth-order valence-electron chi connectivity index (χ4n) is 2.20. The Morgan fingerprint density at radius 2 is 1.71 bits per heavy atom. The van der Waals surface area contributed by atoms with Gasteiger partial charge in [0, 0.05) is 6.04 Å². The molecule has 1 unspecified atom stereocenters. The van der Waals surface area contributed by atoms with Crippen molar-refractivity contribution in [2.45, 2.75) is 39.7 Å². The summed E-state index contributed by atoms with van der Waals surface area (Å²) < 4.78 is 6.03. The molecule has 2 aromatic rings. The molecule has 2 N–H and O–H groups in total. The van der Waals surface area contributed by atoms with Crippen molar-refractivity contribution in [3.63, 3.8) is 0 Å². The van der Waals surface area contributed by atoms with Crippen molar-refractivity contribution in [1.29, 1.82) is 0 Å². The van der Waals surface area contributed by atoms with Gasteiger partial charge in [0.1, 0.15) is 11.5 Å². The second-order valence-electron chi connectivity index (χ2n) is 5.52. The SMILES string of the molecule is CCC(N)Cc1cc(C)ccc1Oc1cc(C)ccc1Cl. The second kappa shape index (κ2) is 6.97. The van der Waals surface area contributed by atoms with Gasteiger partial charge in [0.05, 0.1) is 5.02 Å². The predicted molar refractivity (Wildman–Crippen MR) is 89.4 cm³/mol. The number of rotatable bonds is 5. The van der Waals surface area contributed by atoms with Crippen LogP contribution < -0.4 is 10.5 Å². The Kier molecular flexibility index (Phi) is 5.27. The van der Waals surface area contributed by atoms with E-state index >= 15 is 0 Å². The van der Waals surface area contributed by atoms with E-state index in [9.17, 15) is 0 Å². The van der Waals surface area contributed by atoms with Gasteiger partial charge in [-0.3, -0.25) is 0 Å². The van der Waals surface area contributed by atoms with E-state index < -0.39 is 0 Å². The Bertz CT molecular complexity index is 625. The molecule has 0 aromatic heterocycles. The maximum absolute atomic E-state index is 6.21. The lowest BCUT2D eigenvalue weighted by atomic mass is 10.0. The summed E-state index contributed by atoms with van der Waals surface area (Å²) in [6, 6.07) is 12.1. The van der Waals surface area contributed by atoms with Gasteiger partial charge in [0.15, 0.2) is 0 Å². The van der Waals surface area contributed by atoms with Crippen LogP contribution in [-0.4, -0.2) is 6.04 Å². The van der Waals surface area contributed by atoms with Gasteiger partial charge in [0.25, 0.3) is 0 Å². The predicted octanol–water partition coefficient (Wildman–Crippen LogP) is 5.03. The van der Waals surface area contributed by atoms with E-state index in [4.69, 9.17) is 22.1 Å². The van der Waals surface area contributed by atoms with Crippen LogP contribution in [0.4, 0.5) is 0 Å². The molecule has 112 valence electrons. The van der Waals surface area contributed by atoms with Crippen LogP contribution in [0.25, 0.3) is 0 Å². The highest BCUT2D eigenvalue weighted by molar-refractivity contribution is 6.32. The van der Waals surface area contributed by atoms with E-state index in [1.807, 2.05) is 37.3 Å². The van der Waals surface area contributed by atoms with E-state index in [2.05, 4.69) is 19.9 Å². The molecule has 0 amide bonds. The standard InChI is InChI=1S/C18H22ClNO/c1-4-15(20)11-14-9-12(2)6-8-17(14)21-18-10-13(3)5-7-16(18)19/h5-10,15H,4,11,20H2,1-3H3. The number of nitrogens with two attached hydrogens (primary N) is 1. The third-order valence-electron chi connectivity index (χ3n) is 3.53. The molecule has 0 saturated heterocycles. The van der Waals surface area contributed by atoms with Crippen molar-refractivity contribution >= 4 is 11.6 Å². The molecular formula is C18H22ClNO. The third-order valence-corrected chi connectivity index (χ3v) is 3.84. The van der Waals surface area contributed by atoms with Gasteiger partial charge in [-0.2, -0.15) is 0 Å². The number of benzene rings is 2. The molecule has 2 nitrogen and oxygen atoms in total. The summed E-state index contributed by atoms with van der Waals surface area (Å²) >= 11 is 6.21. The maximum Gasteiger partial charge on any atom is 0.146 e. The molecule has 0 spiro atoms. The van der Waals surface area contributed by atoms with Crippen molar-refractivity contribution in [2.24, 2.45) is 5.73 Å². The number of hydrogen-bond donors (Lipinski definition) is 1. The second-order valence-corrected chi connectivity index (χ2v) is 5.93. The summed E-state index contributed by atoms with van der Waals surface area (Å²) in [6.45, 7) is 6.19. The van der Waals surface area contributed by atoms with Gasteiger partial charge in [-0.05, 0) is 56.0 Å². The lowest BCUT2D eigenvalue weighted by molar-refractivity contribution is 0.472. The van der Waals surface area contributed by atoms with Crippen LogP contribution in [0.1, 0.15) is 30.0 Å². The van der Waals surface area contributed by atoms with Crippen LogP contribution >= 0.6 is 11.6 Å². The zero-order valence-corrected chi connectivity index (χ0v) is 13.6. The van der Waals surface area contributed by atoms with Gasteiger partial charge in [-0.15, -0.1) is 0 Å². The van der Waals surface area contributed by atoms with Crippen LogP contribution in [0.15, 0.2) is 36.4 Å². The molecule has 3 heteroatoms. The molecule has 2 rings (SSSR count). The third kappa shape index (κ3) is 4.23. The summed E-state index contributed by atoms with van der Waals surface area (Å²) in [4.78, 5) is 0. The number of ether oxygens (including phenoxy) is 1. The molecule has 0 saturated carbocycles. The van der Waals surface area contributed by atoms with E-state index in [1.165, 1.54) is 5.56 Å². The highest BCUT2D eigenvalue weighted by Gasteiger charge is 2.11. The lowest BCUT2D eigenvalue weighted by Gasteiger charge is -2.16. The molecule has 0 aliphatic rings. The molecule has 21 heavy (non-hydrogen) atoms. The van der Waals surface area contributed by atoms with E-state index in [-0.39, 0.29) is 6.04 Å². The summed E-state index contributed by atoms with van der Waals surface area (Å²) in [6.07, 6.45) is 1.75. The van der Waals surface area contributed by atoms with Crippen LogP contribution in [0.3, 0.4) is 0 Å². The monoisotopic (exact) mass is 303 g/mol. The Balaban J connectivity index is 2.32. The fraction of sp³-hybridized carbons (Fsp3) is 0.333. The molecule has 0 radical (unpaired) electrons. The molecule has 0 fully saturated rings. The Labute approximate surface area is 131 Å². The van der Waals surface area contributed by atoms with Crippen LogP contribution in [0.2, 0.25) is 5.02 Å². The average molecular weight is 304 g/mol. The van der Waals surface area contributed by atoms with Gasteiger partial charge < -0.3 is 10.5 Å². The normalized spacial score (nSPS) is 12.2. The first-order valence-corrected chi connectivity index (χ1v) is 7.66. The molecule has 2 aromatic carbocycles. The number of hydrogen-bond acceptors (Lipinski definition) is 2. The number of aryl methyl sites for hydroxylation is 2. The lowest BCUT2D eigenvalue weighted by Crippen LogP contribution is -2.21. The zero-order chi connectivity index (χ0) is 15.4. The first-order chi connectivity index (χ1) is 9.99. The topological polar surface area (TPSA) is 35.2 Å². The van der Waals surface area contributed by atoms with Crippen molar-refractivity contribution in [3.8, 4) is 11.5 Å². The Morgan fingerprint density at radius 3 is 2.43 bits per heavy atom. The summed E-state index contributed by atoms with van der Waals surface area (Å²) in [5.74, 6) is 1.52.